The van der Waals surface area contributed by atoms with Crippen LogP contribution in [0.5, 0.6) is 0 Å². The smallest absolute Gasteiger partial charge is 0.0325 e. The van der Waals surface area contributed by atoms with Gasteiger partial charge in [0, 0.05) is 6.04 Å². The minimum Gasteiger partial charge on any atom is -0.310 e. The average molecular weight is 229 g/mol. The van der Waals surface area contributed by atoms with Crippen LogP contribution in [0.2, 0.25) is 0 Å². The van der Waals surface area contributed by atoms with Gasteiger partial charge < -0.3 is 5.32 Å². The Balaban J connectivity index is 1.90. The summed E-state index contributed by atoms with van der Waals surface area (Å²) in [5.74, 6) is 1.64. The second kappa shape index (κ2) is 4.45. The van der Waals surface area contributed by atoms with E-state index in [1.54, 1.807) is 16.7 Å². The molecule has 92 valence electrons. The lowest BCUT2D eigenvalue weighted by Gasteiger charge is -2.29. The molecular weight excluding hydrogens is 206 g/mol. The van der Waals surface area contributed by atoms with Gasteiger partial charge in [0.25, 0.3) is 0 Å². The zero-order chi connectivity index (χ0) is 11.8. The van der Waals surface area contributed by atoms with E-state index in [4.69, 9.17) is 0 Å². The van der Waals surface area contributed by atoms with Crippen LogP contribution in [0, 0.1) is 5.92 Å². The third kappa shape index (κ3) is 2.40. The van der Waals surface area contributed by atoms with Gasteiger partial charge in [-0.05, 0) is 60.8 Å². The van der Waals surface area contributed by atoms with E-state index in [1.807, 2.05) is 0 Å². The van der Waals surface area contributed by atoms with Crippen molar-refractivity contribution in [1.82, 2.24) is 5.32 Å². The molecule has 1 aromatic rings. The largest absolute Gasteiger partial charge is 0.310 e. The molecule has 1 aliphatic carbocycles. The lowest BCUT2D eigenvalue weighted by Crippen LogP contribution is -2.30. The van der Waals surface area contributed by atoms with E-state index in [1.165, 1.54) is 25.7 Å². The zero-order valence-electron chi connectivity index (χ0n) is 11.0. The summed E-state index contributed by atoms with van der Waals surface area (Å²) in [6.07, 6.45) is 5.28. The van der Waals surface area contributed by atoms with Crippen LogP contribution in [-0.2, 0) is 6.42 Å². The van der Waals surface area contributed by atoms with Crippen LogP contribution in [-0.4, -0.2) is 6.54 Å². The van der Waals surface area contributed by atoms with E-state index in [-0.39, 0.29) is 0 Å². The van der Waals surface area contributed by atoms with Crippen LogP contribution < -0.4 is 5.32 Å². The highest BCUT2D eigenvalue weighted by molar-refractivity contribution is 5.39. The van der Waals surface area contributed by atoms with Crippen molar-refractivity contribution in [3.63, 3.8) is 0 Å². The van der Waals surface area contributed by atoms with Crippen LogP contribution >= 0.6 is 0 Å². The predicted octanol–water partition coefficient (Wildman–Crippen LogP) is 3.80. The Kier molecular flexibility index (Phi) is 2.96. The fourth-order valence-corrected chi connectivity index (χ4v) is 3.01. The summed E-state index contributed by atoms with van der Waals surface area (Å²) in [5.41, 5.74) is 4.76. The van der Waals surface area contributed by atoms with Gasteiger partial charge in [-0.3, -0.25) is 0 Å². The van der Waals surface area contributed by atoms with Gasteiger partial charge in [-0.2, -0.15) is 0 Å². The van der Waals surface area contributed by atoms with E-state index >= 15 is 0 Å². The first kappa shape index (κ1) is 11.3. The summed E-state index contributed by atoms with van der Waals surface area (Å²) in [6, 6.07) is 7.84. The monoisotopic (exact) mass is 229 g/mol. The molecule has 17 heavy (non-hydrogen) atoms. The normalized spacial score (nSPS) is 23.8. The molecule has 1 N–H and O–H groups in total. The molecule has 0 amide bonds. The van der Waals surface area contributed by atoms with E-state index in [9.17, 15) is 0 Å². The van der Waals surface area contributed by atoms with E-state index < -0.39 is 0 Å². The molecule has 1 aliphatic heterocycles. The number of benzene rings is 1. The Morgan fingerprint density at radius 3 is 2.82 bits per heavy atom. The van der Waals surface area contributed by atoms with Crippen molar-refractivity contribution in [3.8, 4) is 0 Å². The number of fused-ring (bicyclic) bond motifs is 1. The lowest BCUT2D eigenvalue weighted by molar-refractivity contribution is 0.414. The van der Waals surface area contributed by atoms with E-state index in [0.29, 0.717) is 6.04 Å². The fourth-order valence-electron chi connectivity index (χ4n) is 3.01. The first-order chi connectivity index (χ1) is 8.24. The Hall–Kier alpha value is -0.820. The third-order valence-electron chi connectivity index (χ3n) is 4.09. The molecule has 0 aromatic heterocycles. The molecule has 2 aliphatic rings. The Bertz CT molecular complexity index is 404. The van der Waals surface area contributed by atoms with Crippen LogP contribution in [0.1, 0.15) is 61.8 Å². The summed E-state index contributed by atoms with van der Waals surface area (Å²) in [4.78, 5) is 0. The minimum atomic E-state index is 0.595. The molecule has 1 atom stereocenters. The SMILES string of the molecule is CC(C)CC1NCCc2ccc(C3CC3)cc21. The molecule has 1 fully saturated rings. The van der Waals surface area contributed by atoms with Gasteiger partial charge in [0.15, 0.2) is 0 Å². The van der Waals surface area contributed by atoms with Gasteiger partial charge in [-0.15, -0.1) is 0 Å². The molecule has 0 bridgehead atoms. The summed E-state index contributed by atoms with van der Waals surface area (Å²) >= 11 is 0. The van der Waals surface area contributed by atoms with Crippen molar-refractivity contribution >= 4 is 0 Å². The van der Waals surface area contributed by atoms with Crippen molar-refractivity contribution < 1.29 is 0 Å². The number of rotatable bonds is 3. The zero-order valence-corrected chi connectivity index (χ0v) is 11.0. The topological polar surface area (TPSA) is 12.0 Å². The van der Waals surface area contributed by atoms with Crippen molar-refractivity contribution in [3.05, 3.63) is 34.9 Å². The van der Waals surface area contributed by atoms with Gasteiger partial charge in [0.05, 0.1) is 0 Å². The molecule has 0 radical (unpaired) electrons. The molecule has 3 rings (SSSR count). The van der Waals surface area contributed by atoms with Crippen molar-refractivity contribution in [2.75, 3.05) is 6.54 Å². The fraction of sp³-hybridized carbons (Fsp3) is 0.625. The first-order valence-corrected chi connectivity index (χ1v) is 7.10. The highest BCUT2D eigenvalue weighted by Crippen LogP contribution is 2.42. The third-order valence-corrected chi connectivity index (χ3v) is 4.09. The van der Waals surface area contributed by atoms with E-state index in [0.717, 1.165) is 18.4 Å². The van der Waals surface area contributed by atoms with Crippen molar-refractivity contribution in [2.24, 2.45) is 5.92 Å². The van der Waals surface area contributed by atoms with Crippen LogP contribution in [0.3, 0.4) is 0 Å². The summed E-state index contributed by atoms with van der Waals surface area (Å²) in [6.45, 7) is 5.79. The quantitative estimate of drug-likeness (QED) is 0.831. The van der Waals surface area contributed by atoms with Gasteiger partial charge >= 0.3 is 0 Å². The summed E-state index contributed by atoms with van der Waals surface area (Å²) < 4.78 is 0. The molecule has 1 heterocycles. The molecular formula is C16H23N. The summed E-state index contributed by atoms with van der Waals surface area (Å²) in [7, 11) is 0. The van der Waals surface area contributed by atoms with Gasteiger partial charge in [0.2, 0.25) is 0 Å². The van der Waals surface area contributed by atoms with Gasteiger partial charge in [0.1, 0.15) is 0 Å². The van der Waals surface area contributed by atoms with E-state index in [2.05, 4.69) is 37.4 Å². The first-order valence-electron chi connectivity index (χ1n) is 7.10. The van der Waals surface area contributed by atoms with Crippen molar-refractivity contribution in [1.29, 1.82) is 0 Å². The standard InChI is InChI=1S/C16H23N/c1-11(2)9-16-15-10-14(12-3-4-12)6-5-13(15)7-8-17-16/h5-6,10-12,16-17H,3-4,7-9H2,1-2H3. The highest BCUT2D eigenvalue weighted by Gasteiger charge is 2.26. The molecule has 1 unspecified atom stereocenters. The highest BCUT2D eigenvalue weighted by atomic mass is 14.9. The number of nitrogens with one attached hydrogen (secondary N) is 1. The predicted molar refractivity (Wildman–Crippen MR) is 72.3 cm³/mol. The van der Waals surface area contributed by atoms with Crippen LogP contribution in [0.15, 0.2) is 18.2 Å². The average Bonchev–Trinajstić information content (AvgIpc) is 3.12. The molecule has 1 aromatic carbocycles. The second-order valence-electron chi connectivity index (χ2n) is 6.12. The minimum absolute atomic E-state index is 0.595. The molecule has 1 saturated carbocycles. The molecule has 1 heteroatoms. The van der Waals surface area contributed by atoms with Crippen LogP contribution in [0.25, 0.3) is 0 Å². The number of hydrogen-bond acceptors (Lipinski definition) is 1. The maximum Gasteiger partial charge on any atom is 0.0325 e. The summed E-state index contributed by atoms with van der Waals surface area (Å²) in [5, 5.41) is 3.69. The Morgan fingerprint density at radius 2 is 2.12 bits per heavy atom. The van der Waals surface area contributed by atoms with Gasteiger partial charge in [-0.1, -0.05) is 32.0 Å². The maximum atomic E-state index is 3.69. The Morgan fingerprint density at radius 1 is 1.29 bits per heavy atom. The second-order valence-corrected chi connectivity index (χ2v) is 6.12. The lowest BCUT2D eigenvalue weighted by atomic mass is 9.87. The van der Waals surface area contributed by atoms with Gasteiger partial charge in [-0.25, -0.2) is 0 Å². The number of hydrogen-bond donors (Lipinski definition) is 1. The molecule has 1 nitrogen and oxygen atoms in total. The maximum absolute atomic E-state index is 3.69. The molecule has 0 saturated heterocycles. The Labute approximate surface area is 105 Å². The van der Waals surface area contributed by atoms with Crippen LogP contribution in [0.4, 0.5) is 0 Å². The molecule has 0 spiro atoms. The van der Waals surface area contributed by atoms with Crippen molar-refractivity contribution in [2.45, 2.75) is 51.5 Å².